The molecule has 0 aliphatic heterocycles. The number of halogens is 2. The van der Waals surface area contributed by atoms with E-state index < -0.39 is 24.0 Å². The number of pyridine rings is 2. The first-order chi connectivity index (χ1) is 19.5. The standard InChI is InChI=1S/C14H19BrN2O3.C8H17NO2.C6H4BrNO2/c1-3-4-5-8-11(14(19)20-2)17-13(18)10-7-6-9-16-12(10)15;1-3-4-5-6-7(9)8(10)11-2;7-5-4(6(9)10)2-1-3-8-5/h6-7,9,11H,3-5,8H2,1-2H3,(H,17,18);7H,3-6,9H2,1-2H3;1-3H,(H,9,10)/t11-;7-;/m00./s1. The molecule has 2 atom stereocenters. The molecule has 0 spiro atoms. The highest BCUT2D eigenvalue weighted by atomic mass is 79.9. The van der Waals surface area contributed by atoms with Gasteiger partial charge in [0.2, 0.25) is 0 Å². The van der Waals surface area contributed by atoms with Crippen molar-refractivity contribution in [2.75, 3.05) is 14.2 Å². The minimum absolute atomic E-state index is 0.183. The van der Waals surface area contributed by atoms with E-state index in [1.807, 2.05) is 0 Å². The number of aromatic nitrogens is 2. The topological polar surface area (TPSA) is 171 Å². The summed E-state index contributed by atoms with van der Waals surface area (Å²) in [6, 6.07) is 5.34. The summed E-state index contributed by atoms with van der Waals surface area (Å²) >= 11 is 6.22. The fraction of sp³-hybridized carbons (Fsp3) is 0.500. The third kappa shape index (κ3) is 16.2. The first-order valence-corrected chi connectivity index (χ1v) is 14.8. The summed E-state index contributed by atoms with van der Waals surface area (Å²) in [5.74, 6) is -2.03. The predicted molar refractivity (Wildman–Crippen MR) is 162 cm³/mol. The first-order valence-electron chi connectivity index (χ1n) is 13.2. The molecule has 0 aromatic carbocycles. The van der Waals surface area contributed by atoms with Gasteiger partial charge in [-0.3, -0.25) is 9.59 Å². The summed E-state index contributed by atoms with van der Waals surface area (Å²) in [7, 11) is 2.68. The van der Waals surface area contributed by atoms with Gasteiger partial charge in [0.15, 0.2) is 0 Å². The van der Waals surface area contributed by atoms with E-state index in [-0.39, 0.29) is 17.4 Å². The van der Waals surface area contributed by atoms with Crippen molar-refractivity contribution in [3.63, 3.8) is 0 Å². The van der Waals surface area contributed by atoms with Gasteiger partial charge >= 0.3 is 17.9 Å². The van der Waals surface area contributed by atoms with Gasteiger partial charge in [0.25, 0.3) is 5.91 Å². The molecule has 0 unspecified atom stereocenters. The fourth-order valence-corrected chi connectivity index (χ4v) is 4.06. The van der Waals surface area contributed by atoms with Crippen LogP contribution < -0.4 is 11.1 Å². The summed E-state index contributed by atoms with van der Waals surface area (Å²) in [6.45, 7) is 4.20. The van der Waals surface area contributed by atoms with Gasteiger partial charge in [-0.25, -0.2) is 19.6 Å². The predicted octanol–water partition coefficient (Wildman–Crippen LogP) is 5.31. The van der Waals surface area contributed by atoms with Crippen LogP contribution in [0, 0.1) is 0 Å². The summed E-state index contributed by atoms with van der Waals surface area (Å²) in [6.07, 6.45) is 10.6. The van der Waals surface area contributed by atoms with Gasteiger partial charge in [-0.2, -0.15) is 0 Å². The Morgan fingerprint density at radius 1 is 0.854 bits per heavy atom. The van der Waals surface area contributed by atoms with E-state index in [0.29, 0.717) is 21.2 Å². The highest BCUT2D eigenvalue weighted by molar-refractivity contribution is 9.10. The van der Waals surface area contributed by atoms with Crippen LogP contribution in [0.2, 0.25) is 0 Å². The fourth-order valence-electron chi connectivity index (χ4n) is 3.21. The number of carbonyl (C=O) groups is 4. The van der Waals surface area contributed by atoms with Crippen molar-refractivity contribution >= 4 is 55.7 Å². The van der Waals surface area contributed by atoms with Gasteiger partial charge in [-0.15, -0.1) is 0 Å². The van der Waals surface area contributed by atoms with Gasteiger partial charge in [-0.1, -0.05) is 52.4 Å². The van der Waals surface area contributed by atoms with E-state index in [0.717, 1.165) is 44.9 Å². The number of aromatic carboxylic acids is 1. The Balaban J connectivity index is 0.000000643. The Kier molecular flexibility index (Phi) is 21.1. The van der Waals surface area contributed by atoms with Gasteiger partial charge in [0.1, 0.15) is 21.3 Å². The number of hydrogen-bond donors (Lipinski definition) is 3. The van der Waals surface area contributed by atoms with Crippen LogP contribution >= 0.6 is 31.9 Å². The molecule has 0 aliphatic carbocycles. The summed E-state index contributed by atoms with van der Waals surface area (Å²) in [4.78, 5) is 52.7. The van der Waals surface area contributed by atoms with E-state index in [9.17, 15) is 19.2 Å². The molecule has 2 rings (SSSR count). The van der Waals surface area contributed by atoms with Crippen molar-refractivity contribution in [1.29, 1.82) is 0 Å². The van der Waals surface area contributed by atoms with Crippen molar-refractivity contribution in [2.24, 2.45) is 5.73 Å². The molecule has 0 aliphatic rings. The number of carboxylic acid groups (broad SMARTS) is 1. The van der Waals surface area contributed by atoms with Crippen LogP contribution in [0.15, 0.2) is 45.9 Å². The molecule has 13 heteroatoms. The molecule has 11 nitrogen and oxygen atoms in total. The normalized spacial score (nSPS) is 11.4. The van der Waals surface area contributed by atoms with Crippen molar-refractivity contribution < 1.29 is 33.8 Å². The second-order valence-corrected chi connectivity index (χ2v) is 10.2. The Labute approximate surface area is 258 Å². The number of nitrogens with one attached hydrogen (secondary N) is 1. The second kappa shape index (κ2) is 22.8. The SMILES string of the molecule is CCCCC[C@H](N)C(=O)OC.CCCCC[C@H](NC(=O)c1cccnc1Br)C(=O)OC.O=C(O)c1cccnc1Br. The Bertz CT molecular complexity index is 1090. The van der Waals surface area contributed by atoms with Crippen LogP contribution in [-0.2, 0) is 19.1 Å². The number of carbonyl (C=O) groups excluding carboxylic acids is 3. The maximum absolute atomic E-state index is 12.1. The number of rotatable bonds is 13. The zero-order valence-electron chi connectivity index (χ0n) is 23.9. The minimum Gasteiger partial charge on any atom is -0.478 e. The number of hydrogen-bond acceptors (Lipinski definition) is 9. The van der Waals surface area contributed by atoms with Gasteiger partial charge < -0.3 is 25.6 Å². The number of methoxy groups -OCH3 is 2. The molecule has 0 saturated carbocycles. The maximum Gasteiger partial charge on any atom is 0.338 e. The van der Waals surface area contributed by atoms with Crippen molar-refractivity contribution in [1.82, 2.24) is 15.3 Å². The lowest BCUT2D eigenvalue weighted by molar-refractivity contribution is -0.143. The lowest BCUT2D eigenvalue weighted by atomic mass is 10.1. The van der Waals surface area contributed by atoms with Crippen LogP contribution in [0.1, 0.15) is 85.9 Å². The molecular weight excluding hydrogens is 664 g/mol. The average Bonchev–Trinajstić information content (AvgIpc) is 2.96. The quantitative estimate of drug-likeness (QED) is 0.141. The van der Waals surface area contributed by atoms with Crippen LogP contribution in [0.5, 0.6) is 0 Å². The molecule has 0 radical (unpaired) electrons. The van der Waals surface area contributed by atoms with Crippen LogP contribution in [0.4, 0.5) is 0 Å². The zero-order chi connectivity index (χ0) is 31.2. The lowest BCUT2D eigenvalue weighted by Crippen LogP contribution is -2.41. The van der Waals surface area contributed by atoms with E-state index in [1.165, 1.54) is 26.5 Å². The smallest absolute Gasteiger partial charge is 0.338 e. The van der Waals surface area contributed by atoms with Crippen molar-refractivity contribution in [3.8, 4) is 0 Å². The first kappa shape index (κ1) is 38.1. The van der Waals surface area contributed by atoms with E-state index in [2.05, 4.69) is 65.7 Å². The Morgan fingerprint density at radius 3 is 1.76 bits per heavy atom. The number of nitrogens with two attached hydrogens (primary N) is 1. The van der Waals surface area contributed by atoms with Crippen LogP contribution in [-0.4, -0.2) is 65.2 Å². The monoisotopic (exact) mass is 702 g/mol. The molecule has 41 heavy (non-hydrogen) atoms. The average molecular weight is 704 g/mol. The highest BCUT2D eigenvalue weighted by Crippen LogP contribution is 2.14. The molecule has 2 aromatic heterocycles. The number of carboxylic acids is 1. The molecule has 0 bridgehead atoms. The van der Waals surface area contributed by atoms with Gasteiger partial charge in [0.05, 0.1) is 25.3 Å². The summed E-state index contributed by atoms with van der Waals surface area (Å²) < 4.78 is 10.0. The number of amides is 1. The molecule has 4 N–H and O–H groups in total. The van der Waals surface area contributed by atoms with E-state index in [1.54, 1.807) is 24.4 Å². The molecular formula is C28H40Br2N4O7. The number of ether oxygens (including phenoxy) is 2. The maximum atomic E-state index is 12.1. The second-order valence-electron chi connectivity index (χ2n) is 8.66. The molecule has 2 heterocycles. The molecule has 0 fully saturated rings. The third-order valence-electron chi connectivity index (χ3n) is 5.50. The zero-order valence-corrected chi connectivity index (χ0v) is 27.1. The van der Waals surface area contributed by atoms with Crippen LogP contribution in [0.3, 0.4) is 0 Å². The number of esters is 2. The van der Waals surface area contributed by atoms with E-state index >= 15 is 0 Å². The lowest BCUT2D eigenvalue weighted by Gasteiger charge is -2.16. The largest absolute Gasteiger partial charge is 0.478 e. The molecule has 1 amide bonds. The summed E-state index contributed by atoms with van der Waals surface area (Å²) in [5.41, 5.74) is 6.08. The van der Waals surface area contributed by atoms with E-state index in [4.69, 9.17) is 15.6 Å². The van der Waals surface area contributed by atoms with Gasteiger partial charge in [0, 0.05) is 12.4 Å². The molecule has 228 valence electrons. The highest BCUT2D eigenvalue weighted by Gasteiger charge is 2.22. The van der Waals surface area contributed by atoms with Crippen LogP contribution in [0.25, 0.3) is 0 Å². The summed E-state index contributed by atoms with van der Waals surface area (Å²) in [5, 5.41) is 11.2. The Hall–Kier alpha value is -2.90. The minimum atomic E-state index is -0.972. The third-order valence-corrected chi connectivity index (χ3v) is 6.77. The number of nitrogens with zero attached hydrogens (tertiary/aromatic N) is 2. The van der Waals surface area contributed by atoms with Crippen molar-refractivity contribution in [3.05, 3.63) is 57.0 Å². The molecule has 2 aromatic rings. The number of unbranched alkanes of at least 4 members (excludes halogenated alkanes) is 4. The van der Waals surface area contributed by atoms with Gasteiger partial charge in [-0.05, 0) is 69.0 Å². The van der Waals surface area contributed by atoms with Crippen molar-refractivity contribution in [2.45, 2.75) is 77.3 Å². The molecule has 0 saturated heterocycles. The Morgan fingerprint density at radius 2 is 1.34 bits per heavy atom.